The minimum absolute atomic E-state index is 0.0627. The molecule has 0 saturated heterocycles. The molecule has 6 nitrogen and oxygen atoms in total. The summed E-state index contributed by atoms with van der Waals surface area (Å²) in [6.45, 7) is 0. The molecule has 0 aliphatic rings. The van der Waals surface area contributed by atoms with Gasteiger partial charge in [0.05, 0.1) is 5.92 Å². The molecule has 1 aromatic carbocycles. The van der Waals surface area contributed by atoms with Gasteiger partial charge in [-0.3, -0.25) is 14.2 Å². The highest BCUT2D eigenvalue weighted by Crippen LogP contribution is 2.51. The maximum atomic E-state index is 12.7. The molecule has 2 N–H and O–H groups in total. The Hall–Kier alpha value is -1.65. The van der Waals surface area contributed by atoms with E-state index in [-0.39, 0.29) is 25.2 Å². The molecule has 116 valence electrons. The lowest BCUT2D eigenvalue weighted by molar-refractivity contribution is -0.142. The van der Waals surface area contributed by atoms with Crippen molar-refractivity contribution in [2.75, 3.05) is 13.3 Å². The average Bonchev–Trinajstić information content (AvgIpc) is 2.44. The van der Waals surface area contributed by atoms with E-state index in [0.717, 1.165) is 5.56 Å². The van der Waals surface area contributed by atoms with Crippen molar-refractivity contribution in [3.8, 4) is 0 Å². The molecule has 0 fully saturated rings. The van der Waals surface area contributed by atoms with Crippen molar-refractivity contribution < 1.29 is 28.9 Å². The Kier molecular flexibility index (Phi) is 6.59. The van der Waals surface area contributed by atoms with Crippen LogP contribution < -0.4 is 0 Å². The molecule has 0 radical (unpaired) electrons. The highest BCUT2D eigenvalue weighted by Gasteiger charge is 2.31. The third kappa shape index (κ3) is 6.10. The predicted octanol–water partition coefficient (Wildman–Crippen LogP) is 2.68. The van der Waals surface area contributed by atoms with Crippen LogP contribution in [0.2, 0.25) is 0 Å². The third-order valence-electron chi connectivity index (χ3n) is 3.15. The fourth-order valence-corrected chi connectivity index (χ4v) is 4.18. The Bertz CT molecular complexity index is 528. The van der Waals surface area contributed by atoms with Gasteiger partial charge in [-0.2, -0.15) is 0 Å². The van der Waals surface area contributed by atoms with Crippen LogP contribution in [0.3, 0.4) is 0 Å². The second-order valence-electron chi connectivity index (χ2n) is 4.79. The maximum Gasteiger partial charge on any atom is 0.307 e. The highest BCUT2D eigenvalue weighted by molar-refractivity contribution is 7.58. The summed E-state index contributed by atoms with van der Waals surface area (Å²) in [6, 6.07) is 9.01. The summed E-state index contributed by atoms with van der Waals surface area (Å²) in [4.78, 5) is 21.7. The van der Waals surface area contributed by atoms with E-state index in [4.69, 9.17) is 14.7 Å². The van der Waals surface area contributed by atoms with Crippen LogP contribution in [0, 0.1) is 5.92 Å². The Morgan fingerprint density at radius 1 is 1.24 bits per heavy atom. The smallest absolute Gasteiger partial charge is 0.307 e. The van der Waals surface area contributed by atoms with Gasteiger partial charge in [0.2, 0.25) is 7.37 Å². The summed E-state index contributed by atoms with van der Waals surface area (Å²) < 4.78 is 17.8. The van der Waals surface area contributed by atoms with Gasteiger partial charge >= 0.3 is 11.9 Å². The molecular formula is C14H19O6P. The molecule has 0 aliphatic carbocycles. The number of rotatable bonds is 9. The molecule has 0 aliphatic heterocycles. The molecule has 0 amide bonds. The highest BCUT2D eigenvalue weighted by atomic mass is 31.2. The maximum absolute atomic E-state index is 12.7. The lowest BCUT2D eigenvalue weighted by atomic mass is 10.1. The summed E-state index contributed by atoms with van der Waals surface area (Å²) in [5, 5.41) is 17.8. The minimum atomic E-state index is -3.17. The Morgan fingerprint density at radius 3 is 2.33 bits per heavy atom. The molecule has 1 rings (SSSR count). The van der Waals surface area contributed by atoms with E-state index in [0.29, 0.717) is 0 Å². The first kappa shape index (κ1) is 17.4. The number of hydrogen-bond donors (Lipinski definition) is 2. The number of hydrogen-bond acceptors (Lipinski definition) is 4. The zero-order valence-corrected chi connectivity index (χ0v) is 12.7. The molecule has 21 heavy (non-hydrogen) atoms. The minimum Gasteiger partial charge on any atom is -0.481 e. The fraction of sp³-hybridized carbons (Fsp3) is 0.429. The van der Waals surface area contributed by atoms with Gasteiger partial charge in [-0.1, -0.05) is 30.3 Å². The van der Waals surface area contributed by atoms with Crippen LogP contribution in [0.25, 0.3) is 0 Å². The SMILES string of the molecule is COP(=O)(Cc1ccccc1)CC(CCC(=O)O)C(=O)O. The van der Waals surface area contributed by atoms with E-state index in [2.05, 4.69) is 0 Å². The second-order valence-corrected chi connectivity index (χ2v) is 7.47. The van der Waals surface area contributed by atoms with E-state index in [1.807, 2.05) is 6.07 Å². The van der Waals surface area contributed by atoms with Crippen LogP contribution >= 0.6 is 7.37 Å². The molecule has 0 saturated carbocycles. The van der Waals surface area contributed by atoms with Crippen molar-refractivity contribution in [2.45, 2.75) is 19.0 Å². The van der Waals surface area contributed by atoms with Crippen molar-refractivity contribution in [2.24, 2.45) is 5.92 Å². The molecule has 0 spiro atoms. The number of carboxylic acids is 2. The quantitative estimate of drug-likeness (QED) is 0.680. The van der Waals surface area contributed by atoms with Gasteiger partial charge in [0.15, 0.2) is 0 Å². The number of carboxylic acid groups (broad SMARTS) is 2. The molecule has 7 heteroatoms. The van der Waals surface area contributed by atoms with Crippen LogP contribution in [0.1, 0.15) is 18.4 Å². The topological polar surface area (TPSA) is 101 Å². The van der Waals surface area contributed by atoms with E-state index in [9.17, 15) is 14.2 Å². The molecule has 0 bridgehead atoms. The molecule has 2 atom stereocenters. The molecule has 1 aromatic rings. The summed E-state index contributed by atoms with van der Waals surface area (Å²) >= 11 is 0. The van der Waals surface area contributed by atoms with Crippen molar-refractivity contribution >= 4 is 19.3 Å². The van der Waals surface area contributed by atoms with Gasteiger partial charge in [-0.05, 0) is 12.0 Å². The summed E-state index contributed by atoms with van der Waals surface area (Å²) in [5.41, 5.74) is 0.796. The normalized spacial score (nSPS) is 15.1. The Morgan fingerprint density at radius 2 is 1.86 bits per heavy atom. The average molecular weight is 314 g/mol. The van der Waals surface area contributed by atoms with Crippen molar-refractivity contribution in [3.05, 3.63) is 35.9 Å². The zero-order chi connectivity index (χ0) is 15.9. The van der Waals surface area contributed by atoms with Gasteiger partial charge in [0.25, 0.3) is 0 Å². The number of aliphatic carboxylic acids is 2. The van der Waals surface area contributed by atoms with Crippen LogP contribution in [-0.4, -0.2) is 35.4 Å². The largest absolute Gasteiger partial charge is 0.481 e. The first-order valence-electron chi connectivity index (χ1n) is 6.48. The van der Waals surface area contributed by atoms with Crippen molar-refractivity contribution in [1.82, 2.24) is 0 Å². The van der Waals surface area contributed by atoms with Crippen LogP contribution in [-0.2, 0) is 24.8 Å². The first-order chi connectivity index (χ1) is 9.86. The monoisotopic (exact) mass is 314 g/mol. The fourth-order valence-electron chi connectivity index (χ4n) is 1.99. The Labute approximate surface area is 123 Å². The zero-order valence-electron chi connectivity index (χ0n) is 11.8. The third-order valence-corrected chi connectivity index (χ3v) is 5.66. The van der Waals surface area contributed by atoms with Gasteiger partial charge in [0, 0.05) is 25.9 Å². The van der Waals surface area contributed by atoms with E-state index < -0.39 is 25.2 Å². The standard InChI is InChI=1S/C14H19O6P/c1-20-21(19,9-11-5-3-2-4-6-11)10-12(14(17)18)7-8-13(15)16/h2-6,12H,7-10H2,1H3,(H,15,16)(H,17,18). The first-order valence-corrected chi connectivity index (χ1v) is 8.48. The molecule has 0 heterocycles. The molecular weight excluding hydrogens is 295 g/mol. The summed E-state index contributed by atoms with van der Waals surface area (Å²) in [5.74, 6) is -3.21. The van der Waals surface area contributed by atoms with E-state index >= 15 is 0 Å². The lowest BCUT2D eigenvalue weighted by Crippen LogP contribution is -2.20. The van der Waals surface area contributed by atoms with Crippen LogP contribution in [0.15, 0.2) is 30.3 Å². The molecule has 0 aromatic heterocycles. The lowest BCUT2D eigenvalue weighted by Gasteiger charge is -2.20. The summed E-state index contributed by atoms with van der Waals surface area (Å²) in [6.07, 6.45) is -0.360. The Balaban J connectivity index is 2.79. The van der Waals surface area contributed by atoms with Gasteiger partial charge in [-0.25, -0.2) is 0 Å². The van der Waals surface area contributed by atoms with Crippen LogP contribution in [0.4, 0.5) is 0 Å². The predicted molar refractivity (Wildman–Crippen MR) is 77.6 cm³/mol. The summed E-state index contributed by atoms with van der Waals surface area (Å²) in [7, 11) is -1.87. The van der Waals surface area contributed by atoms with Crippen LogP contribution in [0.5, 0.6) is 0 Å². The number of carbonyl (C=O) groups is 2. The van der Waals surface area contributed by atoms with Gasteiger partial charge < -0.3 is 14.7 Å². The molecule has 2 unspecified atom stereocenters. The van der Waals surface area contributed by atoms with E-state index in [1.165, 1.54) is 7.11 Å². The van der Waals surface area contributed by atoms with Gasteiger partial charge in [-0.15, -0.1) is 0 Å². The van der Waals surface area contributed by atoms with Gasteiger partial charge in [0.1, 0.15) is 0 Å². The van der Waals surface area contributed by atoms with Crippen molar-refractivity contribution in [1.29, 1.82) is 0 Å². The second kappa shape index (κ2) is 7.96. The van der Waals surface area contributed by atoms with Crippen molar-refractivity contribution in [3.63, 3.8) is 0 Å². The van der Waals surface area contributed by atoms with E-state index in [1.54, 1.807) is 24.3 Å². The number of benzene rings is 1.